The van der Waals surface area contributed by atoms with E-state index in [1.165, 1.54) is 0 Å². The Morgan fingerprint density at radius 1 is 1.36 bits per heavy atom. The minimum atomic E-state index is -0.731. The lowest BCUT2D eigenvalue weighted by Gasteiger charge is -2.31. The molecule has 3 heteroatoms. The molecule has 0 fully saturated rings. The van der Waals surface area contributed by atoms with Crippen LogP contribution in [-0.2, 0) is 4.79 Å². The topological polar surface area (TPSA) is 37.3 Å². The molecule has 1 N–H and O–H groups in total. The van der Waals surface area contributed by atoms with Gasteiger partial charge < -0.3 is 9.59 Å². The molecular weight excluding hydrogens is 142 g/mol. The van der Waals surface area contributed by atoms with Crippen molar-refractivity contribution in [3.8, 4) is 0 Å². The summed E-state index contributed by atoms with van der Waals surface area (Å²) in [6.45, 7) is 4.14. The monoisotopic (exact) mass is 160 g/mol. The Balaban J connectivity index is 4.25. The standard InChI is InChI=1S/C8H17NO2/c1-8(2,7(10)11)6-9(3,4)5/h6H2,1-5H3/p+1. The fourth-order valence-corrected chi connectivity index (χ4v) is 1.25. The van der Waals surface area contributed by atoms with Gasteiger partial charge >= 0.3 is 5.97 Å². The van der Waals surface area contributed by atoms with Crippen LogP contribution in [0.1, 0.15) is 13.8 Å². The second-order valence-corrected chi connectivity index (χ2v) is 4.64. The van der Waals surface area contributed by atoms with E-state index in [0.29, 0.717) is 11.0 Å². The van der Waals surface area contributed by atoms with Crippen molar-refractivity contribution >= 4 is 5.97 Å². The summed E-state index contributed by atoms with van der Waals surface area (Å²) in [5.74, 6) is -0.731. The van der Waals surface area contributed by atoms with E-state index in [9.17, 15) is 4.79 Å². The first kappa shape index (κ1) is 10.4. The molecule has 0 rings (SSSR count). The third-order valence-electron chi connectivity index (χ3n) is 1.45. The summed E-state index contributed by atoms with van der Waals surface area (Å²) < 4.78 is 0.680. The molecule has 0 unspecified atom stereocenters. The Hall–Kier alpha value is -0.570. The van der Waals surface area contributed by atoms with E-state index in [4.69, 9.17) is 5.11 Å². The fourth-order valence-electron chi connectivity index (χ4n) is 1.25. The first-order valence-electron chi connectivity index (χ1n) is 3.69. The van der Waals surface area contributed by atoms with Crippen molar-refractivity contribution in [2.75, 3.05) is 27.7 Å². The predicted molar refractivity (Wildman–Crippen MR) is 44.3 cm³/mol. The maximum Gasteiger partial charge on any atom is 0.314 e. The van der Waals surface area contributed by atoms with E-state index < -0.39 is 11.4 Å². The molecule has 0 aromatic carbocycles. The number of carboxylic acids is 1. The summed E-state index contributed by atoms with van der Waals surface area (Å²) >= 11 is 0. The highest BCUT2D eigenvalue weighted by molar-refractivity contribution is 5.73. The lowest BCUT2D eigenvalue weighted by molar-refractivity contribution is -0.875. The predicted octanol–water partition coefficient (Wildman–Crippen LogP) is 0.803. The Kier molecular flexibility index (Phi) is 2.67. The van der Waals surface area contributed by atoms with Gasteiger partial charge in [-0.15, -0.1) is 0 Å². The molecule has 0 saturated carbocycles. The largest absolute Gasteiger partial charge is 0.481 e. The summed E-state index contributed by atoms with van der Waals surface area (Å²) in [6.07, 6.45) is 0. The van der Waals surface area contributed by atoms with E-state index in [1.54, 1.807) is 13.8 Å². The van der Waals surface area contributed by atoms with Gasteiger partial charge in [0.2, 0.25) is 0 Å². The van der Waals surface area contributed by atoms with Crippen LogP contribution in [0.2, 0.25) is 0 Å². The third-order valence-corrected chi connectivity index (χ3v) is 1.45. The number of hydrogen-bond acceptors (Lipinski definition) is 1. The van der Waals surface area contributed by atoms with E-state index >= 15 is 0 Å². The molecule has 11 heavy (non-hydrogen) atoms. The highest BCUT2D eigenvalue weighted by Gasteiger charge is 2.33. The van der Waals surface area contributed by atoms with Gasteiger partial charge in [0, 0.05) is 0 Å². The van der Waals surface area contributed by atoms with E-state index in [-0.39, 0.29) is 0 Å². The van der Waals surface area contributed by atoms with E-state index in [0.717, 1.165) is 0 Å². The molecule has 66 valence electrons. The van der Waals surface area contributed by atoms with Gasteiger partial charge in [-0.2, -0.15) is 0 Å². The van der Waals surface area contributed by atoms with Crippen LogP contribution in [0, 0.1) is 5.41 Å². The second kappa shape index (κ2) is 2.81. The molecular formula is C8H18NO2+. The van der Waals surface area contributed by atoms with Gasteiger partial charge in [0.25, 0.3) is 0 Å². The first-order valence-corrected chi connectivity index (χ1v) is 3.69. The Bertz CT molecular complexity index is 156. The van der Waals surface area contributed by atoms with Crippen LogP contribution in [0.5, 0.6) is 0 Å². The average Bonchev–Trinajstić information content (AvgIpc) is 1.56. The molecule has 0 radical (unpaired) electrons. The Labute approximate surface area is 68.2 Å². The van der Waals surface area contributed by atoms with E-state index in [2.05, 4.69) is 0 Å². The molecule has 3 nitrogen and oxygen atoms in total. The smallest absolute Gasteiger partial charge is 0.314 e. The molecule has 0 spiro atoms. The van der Waals surface area contributed by atoms with Crippen LogP contribution in [0.15, 0.2) is 0 Å². The summed E-state index contributed by atoms with van der Waals surface area (Å²) in [4.78, 5) is 10.7. The van der Waals surface area contributed by atoms with Crippen molar-refractivity contribution in [1.29, 1.82) is 0 Å². The van der Waals surface area contributed by atoms with Crippen molar-refractivity contribution in [2.24, 2.45) is 5.41 Å². The molecule has 0 aliphatic heterocycles. The second-order valence-electron chi connectivity index (χ2n) is 4.64. The first-order chi connectivity index (χ1) is 4.65. The number of nitrogens with zero attached hydrogens (tertiary/aromatic N) is 1. The normalized spacial score (nSPS) is 13.2. The molecule has 0 aliphatic rings. The molecule has 0 aromatic rings. The van der Waals surface area contributed by atoms with Crippen LogP contribution < -0.4 is 0 Å². The highest BCUT2D eigenvalue weighted by Crippen LogP contribution is 2.18. The number of rotatable bonds is 3. The number of quaternary nitrogens is 1. The summed E-state index contributed by atoms with van der Waals surface area (Å²) in [7, 11) is 5.97. The zero-order valence-corrected chi connectivity index (χ0v) is 8.01. The summed E-state index contributed by atoms with van der Waals surface area (Å²) in [6, 6.07) is 0. The van der Waals surface area contributed by atoms with Crippen molar-refractivity contribution in [3.05, 3.63) is 0 Å². The molecule has 0 saturated heterocycles. The zero-order chi connectivity index (χ0) is 9.28. The van der Waals surface area contributed by atoms with Crippen molar-refractivity contribution in [3.63, 3.8) is 0 Å². The number of hydrogen-bond donors (Lipinski definition) is 1. The minimum absolute atomic E-state index is 0.627. The third kappa shape index (κ3) is 3.98. The number of carboxylic acid groups (broad SMARTS) is 1. The van der Waals surface area contributed by atoms with Crippen LogP contribution in [0.3, 0.4) is 0 Å². The van der Waals surface area contributed by atoms with Gasteiger partial charge in [0.1, 0.15) is 5.41 Å². The SMILES string of the molecule is CC(C)(C[N+](C)(C)C)C(=O)O. The van der Waals surface area contributed by atoms with Gasteiger partial charge in [-0.05, 0) is 13.8 Å². The molecule has 0 aliphatic carbocycles. The summed E-state index contributed by atoms with van der Waals surface area (Å²) in [5.41, 5.74) is -0.627. The lowest BCUT2D eigenvalue weighted by Crippen LogP contribution is -2.45. The van der Waals surface area contributed by atoms with Crippen molar-refractivity contribution in [1.82, 2.24) is 0 Å². The van der Waals surface area contributed by atoms with Crippen molar-refractivity contribution in [2.45, 2.75) is 13.8 Å². The van der Waals surface area contributed by atoms with E-state index in [1.807, 2.05) is 21.1 Å². The molecule has 0 heterocycles. The van der Waals surface area contributed by atoms with Crippen LogP contribution in [0.4, 0.5) is 0 Å². The molecule has 0 aromatic heterocycles. The number of aliphatic carboxylic acids is 1. The average molecular weight is 160 g/mol. The van der Waals surface area contributed by atoms with Crippen LogP contribution >= 0.6 is 0 Å². The molecule has 0 bridgehead atoms. The van der Waals surface area contributed by atoms with Gasteiger partial charge in [0.05, 0.1) is 27.7 Å². The van der Waals surface area contributed by atoms with Crippen LogP contribution in [0.25, 0.3) is 0 Å². The lowest BCUT2D eigenvalue weighted by atomic mass is 9.93. The maximum atomic E-state index is 10.7. The van der Waals surface area contributed by atoms with Gasteiger partial charge in [-0.25, -0.2) is 0 Å². The quantitative estimate of drug-likeness (QED) is 0.620. The van der Waals surface area contributed by atoms with Gasteiger partial charge in [0.15, 0.2) is 0 Å². The molecule has 0 amide bonds. The maximum absolute atomic E-state index is 10.7. The molecule has 0 atom stereocenters. The van der Waals surface area contributed by atoms with Crippen molar-refractivity contribution < 1.29 is 14.4 Å². The Morgan fingerprint density at radius 2 is 1.73 bits per heavy atom. The fraction of sp³-hybridized carbons (Fsp3) is 0.875. The van der Waals surface area contributed by atoms with Crippen LogP contribution in [-0.4, -0.2) is 43.2 Å². The highest BCUT2D eigenvalue weighted by atomic mass is 16.4. The minimum Gasteiger partial charge on any atom is -0.481 e. The van der Waals surface area contributed by atoms with Gasteiger partial charge in [-0.3, -0.25) is 4.79 Å². The Morgan fingerprint density at radius 3 is 1.82 bits per heavy atom. The summed E-state index contributed by atoms with van der Waals surface area (Å²) in [5, 5.41) is 8.79. The zero-order valence-electron chi connectivity index (χ0n) is 8.01. The number of carbonyl (C=O) groups is 1. The van der Waals surface area contributed by atoms with Gasteiger partial charge in [-0.1, -0.05) is 0 Å².